The standard InChI is InChI=1S/C13H24N2O2/c1-13(2,3)12(17)15-9-7-14(8-10-15)6-4-5-11-16/h11H,4-10H2,1-3H3. The quantitative estimate of drug-likeness (QED) is 0.547. The van der Waals surface area contributed by atoms with Gasteiger partial charge in [-0.3, -0.25) is 9.69 Å². The number of aldehydes is 1. The van der Waals surface area contributed by atoms with E-state index in [1.807, 2.05) is 25.7 Å². The molecule has 1 fully saturated rings. The molecule has 0 bridgehead atoms. The van der Waals surface area contributed by atoms with Crippen LogP contribution >= 0.6 is 0 Å². The molecule has 4 nitrogen and oxygen atoms in total. The number of carbonyl (C=O) groups is 2. The molecule has 1 aliphatic heterocycles. The van der Waals surface area contributed by atoms with Crippen molar-refractivity contribution in [1.29, 1.82) is 0 Å². The van der Waals surface area contributed by atoms with Crippen molar-refractivity contribution in [3.05, 3.63) is 0 Å². The summed E-state index contributed by atoms with van der Waals surface area (Å²) in [5.41, 5.74) is -0.278. The van der Waals surface area contributed by atoms with Gasteiger partial charge in [-0.1, -0.05) is 20.8 Å². The van der Waals surface area contributed by atoms with E-state index >= 15 is 0 Å². The zero-order valence-corrected chi connectivity index (χ0v) is 11.2. The first-order valence-corrected chi connectivity index (χ1v) is 6.40. The second-order valence-corrected chi connectivity index (χ2v) is 5.69. The van der Waals surface area contributed by atoms with E-state index in [1.165, 1.54) is 0 Å². The van der Waals surface area contributed by atoms with E-state index < -0.39 is 0 Å². The van der Waals surface area contributed by atoms with E-state index in [4.69, 9.17) is 0 Å². The molecular formula is C13H24N2O2. The lowest BCUT2D eigenvalue weighted by molar-refractivity contribution is -0.141. The van der Waals surface area contributed by atoms with Gasteiger partial charge in [0.1, 0.15) is 6.29 Å². The summed E-state index contributed by atoms with van der Waals surface area (Å²) in [6.07, 6.45) is 2.54. The summed E-state index contributed by atoms with van der Waals surface area (Å²) in [4.78, 5) is 26.6. The normalized spacial score (nSPS) is 18.2. The number of hydrogen-bond acceptors (Lipinski definition) is 3. The van der Waals surface area contributed by atoms with Gasteiger partial charge in [0.05, 0.1) is 0 Å². The van der Waals surface area contributed by atoms with Crippen LogP contribution < -0.4 is 0 Å². The maximum atomic E-state index is 12.0. The van der Waals surface area contributed by atoms with Gasteiger partial charge in [-0.15, -0.1) is 0 Å². The van der Waals surface area contributed by atoms with Crippen LogP contribution in [0.15, 0.2) is 0 Å². The number of rotatable bonds is 4. The van der Waals surface area contributed by atoms with E-state index in [2.05, 4.69) is 4.90 Å². The molecule has 0 unspecified atom stereocenters. The van der Waals surface area contributed by atoms with Crippen molar-refractivity contribution in [2.75, 3.05) is 32.7 Å². The van der Waals surface area contributed by atoms with Crippen molar-refractivity contribution < 1.29 is 9.59 Å². The zero-order chi connectivity index (χ0) is 12.9. The predicted molar refractivity (Wildman–Crippen MR) is 67.8 cm³/mol. The highest BCUT2D eigenvalue weighted by molar-refractivity contribution is 5.81. The van der Waals surface area contributed by atoms with Crippen LogP contribution in [-0.2, 0) is 9.59 Å². The molecule has 0 spiro atoms. The Morgan fingerprint density at radius 1 is 1.18 bits per heavy atom. The Labute approximate surface area is 104 Å². The van der Waals surface area contributed by atoms with Crippen LogP contribution in [0.4, 0.5) is 0 Å². The first-order chi connectivity index (χ1) is 7.95. The fourth-order valence-electron chi connectivity index (χ4n) is 2.05. The van der Waals surface area contributed by atoms with E-state index in [-0.39, 0.29) is 11.3 Å². The second-order valence-electron chi connectivity index (χ2n) is 5.69. The Kier molecular flexibility index (Phi) is 5.12. The Hall–Kier alpha value is -0.900. The van der Waals surface area contributed by atoms with Gasteiger partial charge < -0.3 is 9.69 Å². The van der Waals surface area contributed by atoms with E-state index in [0.29, 0.717) is 6.42 Å². The van der Waals surface area contributed by atoms with Crippen molar-refractivity contribution in [2.45, 2.75) is 33.6 Å². The third kappa shape index (κ3) is 4.46. The van der Waals surface area contributed by atoms with Crippen LogP contribution in [-0.4, -0.2) is 54.7 Å². The van der Waals surface area contributed by atoms with Crippen molar-refractivity contribution in [2.24, 2.45) is 5.41 Å². The smallest absolute Gasteiger partial charge is 0.228 e. The average molecular weight is 240 g/mol. The molecule has 0 N–H and O–H groups in total. The lowest BCUT2D eigenvalue weighted by Gasteiger charge is -2.37. The highest BCUT2D eigenvalue weighted by Crippen LogP contribution is 2.18. The van der Waals surface area contributed by atoms with Crippen LogP contribution in [0.3, 0.4) is 0 Å². The van der Waals surface area contributed by atoms with Crippen LogP contribution in [0.2, 0.25) is 0 Å². The topological polar surface area (TPSA) is 40.6 Å². The third-order valence-corrected chi connectivity index (χ3v) is 3.10. The summed E-state index contributed by atoms with van der Waals surface area (Å²) in [6, 6.07) is 0. The molecule has 0 radical (unpaired) electrons. The minimum atomic E-state index is -0.278. The maximum absolute atomic E-state index is 12.0. The number of hydrogen-bond donors (Lipinski definition) is 0. The Morgan fingerprint density at radius 3 is 2.24 bits per heavy atom. The van der Waals surface area contributed by atoms with Gasteiger partial charge in [-0.05, 0) is 13.0 Å². The van der Waals surface area contributed by atoms with Gasteiger partial charge in [-0.2, -0.15) is 0 Å². The maximum Gasteiger partial charge on any atom is 0.228 e. The van der Waals surface area contributed by atoms with Crippen molar-refractivity contribution in [3.8, 4) is 0 Å². The van der Waals surface area contributed by atoms with Crippen molar-refractivity contribution in [3.63, 3.8) is 0 Å². The summed E-state index contributed by atoms with van der Waals surface area (Å²) < 4.78 is 0. The highest BCUT2D eigenvalue weighted by Gasteiger charge is 2.29. The largest absolute Gasteiger partial charge is 0.340 e. The van der Waals surface area contributed by atoms with Gasteiger partial charge in [0.2, 0.25) is 5.91 Å². The predicted octanol–water partition coefficient (Wildman–Crippen LogP) is 1.16. The highest BCUT2D eigenvalue weighted by atomic mass is 16.2. The van der Waals surface area contributed by atoms with Crippen LogP contribution in [0.5, 0.6) is 0 Å². The molecule has 1 amide bonds. The molecule has 0 atom stereocenters. The van der Waals surface area contributed by atoms with E-state index in [0.717, 1.165) is 45.4 Å². The molecule has 0 saturated carbocycles. The summed E-state index contributed by atoms with van der Waals surface area (Å²) >= 11 is 0. The van der Waals surface area contributed by atoms with Gasteiger partial charge in [0.15, 0.2) is 0 Å². The monoisotopic (exact) mass is 240 g/mol. The van der Waals surface area contributed by atoms with Crippen molar-refractivity contribution >= 4 is 12.2 Å². The van der Waals surface area contributed by atoms with Gasteiger partial charge in [0.25, 0.3) is 0 Å². The summed E-state index contributed by atoms with van der Waals surface area (Å²) in [5.74, 6) is 0.241. The molecule has 0 aromatic heterocycles. The molecule has 0 aliphatic carbocycles. The van der Waals surface area contributed by atoms with Crippen molar-refractivity contribution in [1.82, 2.24) is 9.80 Å². The molecule has 17 heavy (non-hydrogen) atoms. The third-order valence-electron chi connectivity index (χ3n) is 3.10. The van der Waals surface area contributed by atoms with Gasteiger partial charge in [-0.25, -0.2) is 0 Å². The van der Waals surface area contributed by atoms with E-state index in [1.54, 1.807) is 0 Å². The zero-order valence-electron chi connectivity index (χ0n) is 11.2. The number of amides is 1. The van der Waals surface area contributed by atoms with Crippen LogP contribution in [0.1, 0.15) is 33.6 Å². The molecule has 1 aliphatic rings. The first kappa shape index (κ1) is 14.2. The Bertz CT molecular complexity index is 263. The second kappa shape index (κ2) is 6.15. The molecule has 98 valence electrons. The number of unbranched alkanes of at least 4 members (excludes halogenated alkanes) is 1. The lowest BCUT2D eigenvalue weighted by Crippen LogP contribution is -2.51. The van der Waals surface area contributed by atoms with Crippen LogP contribution in [0.25, 0.3) is 0 Å². The Balaban J connectivity index is 2.30. The van der Waals surface area contributed by atoms with E-state index in [9.17, 15) is 9.59 Å². The minimum absolute atomic E-state index is 0.241. The molecule has 1 saturated heterocycles. The fourth-order valence-corrected chi connectivity index (χ4v) is 2.05. The molecule has 4 heteroatoms. The number of carbonyl (C=O) groups excluding carboxylic acids is 2. The minimum Gasteiger partial charge on any atom is -0.340 e. The molecule has 1 heterocycles. The fraction of sp³-hybridized carbons (Fsp3) is 0.846. The lowest BCUT2D eigenvalue weighted by atomic mass is 9.94. The summed E-state index contributed by atoms with van der Waals surface area (Å²) in [6.45, 7) is 10.4. The van der Waals surface area contributed by atoms with Gasteiger partial charge in [0, 0.05) is 38.0 Å². The summed E-state index contributed by atoms with van der Waals surface area (Å²) in [7, 11) is 0. The van der Waals surface area contributed by atoms with Gasteiger partial charge >= 0.3 is 0 Å². The summed E-state index contributed by atoms with van der Waals surface area (Å²) in [5, 5.41) is 0. The number of nitrogens with zero attached hydrogens (tertiary/aromatic N) is 2. The average Bonchev–Trinajstić information content (AvgIpc) is 2.28. The molecular weight excluding hydrogens is 216 g/mol. The Morgan fingerprint density at radius 2 is 1.76 bits per heavy atom. The molecule has 0 aromatic carbocycles. The molecule has 1 rings (SSSR count). The first-order valence-electron chi connectivity index (χ1n) is 6.40. The SMILES string of the molecule is CC(C)(C)C(=O)N1CCN(CCCC=O)CC1. The van der Waals surface area contributed by atoms with Crippen LogP contribution in [0, 0.1) is 5.41 Å². The molecule has 0 aromatic rings. The number of piperazine rings is 1.